The van der Waals surface area contributed by atoms with Gasteiger partial charge in [-0.15, -0.1) is 0 Å². The molecule has 0 spiro atoms. The summed E-state index contributed by atoms with van der Waals surface area (Å²) in [5.41, 5.74) is -0.536. The maximum atomic E-state index is 12.2. The van der Waals surface area contributed by atoms with Crippen LogP contribution in [0, 0.1) is 5.92 Å². The average molecular weight is 330 g/mol. The molecule has 128 valence electrons. The zero-order valence-electron chi connectivity index (χ0n) is 15.2. The fourth-order valence-electron chi connectivity index (χ4n) is 2.09. The Labute approximate surface area is 135 Å². The molecule has 0 saturated carbocycles. The summed E-state index contributed by atoms with van der Waals surface area (Å²) in [6.45, 7) is 17.1. The van der Waals surface area contributed by atoms with E-state index in [1.165, 1.54) is 0 Å². The lowest BCUT2D eigenvalue weighted by Crippen LogP contribution is -2.46. The van der Waals surface area contributed by atoms with Gasteiger partial charge in [-0.1, -0.05) is 20.8 Å². The monoisotopic (exact) mass is 329 g/mol. The normalized spacial score (nSPS) is 23.5. The van der Waals surface area contributed by atoms with Gasteiger partial charge in [-0.25, -0.2) is 4.79 Å². The molecule has 0 aromatic rings. The van der Waals surface area contributed by atoms with Crippen LogP contribution in [0.3, 0.4) is 0 Å². The molecule has 0 aromatic heterocycles. The summed E-state index contributed by atoms with van der Waals surface area (Å²) in [6, 6.07) is 0. The summed E-state index contributed by atoms with van der Waals surface area (Å²) < 4.78 is 11.7. The van der Waals surface area contributed by atoms with Crippen LogP contribution in [0.5, 0.6) is 0 Å². The molecule has 1 aliphatic heterocycles. The van der Waals surface area contributed by atoms with Crippen LogP contribution in [0.15, 0.2) is 0 Å². The molecule has 0 aromatic carbocycles. The molecule has 22 heavy (non-hydrogen) atoms. The highest BCUT2D eigenvalue weighted by molar-refractivity contribution is 6.74. The molecule has 1 rings (SSSR count). The van der Waals surface area contributed by atoms with Crippen molar-refractivity contribution in [2.24, 2.45) is 5.92 Å². The van der Waals surface area contributed by atoms with Crippen molar-refractivity contribution in [1.82, 2.24) is 4.90 Å². The third-order valence-electron chi connectivity index (χ3n) is 4.39. The van der Waals surface area contributed by atoms with E-state index in [0.717, 1.165) is 6.29 Å². The highest BCUT2D eigenvalue weighted by Crippen LogP contribution is 2.39. The summed E-state index contributed by atoms with van der Waals surface area (Å²) >= 11 is 0. The fourth-order valence-corrected chi connectivity index (χ4v) is 3.45. The van der Waals surface area contributed by atoms with Crippen LogP contribution < -0.4 is 0 Å². The van der Waals surface area contributed by atoms with Gasteiger partial charge in [-0.3, -0.25) is 0 Å². The smallest absolute Gasteiger partial charge is 0.410 e. The third kappa shape index (κ3) is 4.81. The first kappa shape index (κ1) is 19.2. The number of hydrogen-bond acceptors (Lipinski definition) is 4. The summed E-state index contributed by atoms with van der Waals surface area (Å²) in [4.78, 5) is 25.1. The maximum absolute atomic E-state index is 12.2. The van der Waals surface area contributed by atoms with E-state index in [1.807, 2.05) is 20.8 Å². The molecule has 2 atom stereocenters. The molecule has 0 unspecified atom stereocenters. The standard InChI is InChI=1S/C16H31NO4Si/c1-15(2,3)20-14(19)17-9-12(11-18)13(10-17)21-22(7,8)16(4,5)6/h11-13H,9-10H2,1-8H3/t12-,13-/m1/s1. The SMILES string of the molecule is CC(C)(C)OC(=O)N1C[C@H](C=O)[C@H](O[Si](C)(C)C(C)(C)C)C1. The minimum atomic E-state index is -1.98. The van der Waals surface area contributed by atoms with Crippen molar-refractivity contribution < 1.29 is 18.8 Å². The number of carbonyl (C=O) groups excluding carboxylic acids is 2. The van der Waals surface area contributed by atoms with Crippen LogP contribution in [0.1, 0.15) is 41.5 Å². The first-order valence-corrected chi connectivity index (χ1v) is 10.8. The second kappa shape index (κ2) is 6.32. The predicted molar refractivity (Wildman–Crippen MR) is 89.4 cm³/mol. The lowest BCUT2D eigenvalue weighted by Gasteiger charge is -2.39. The van der Waals surface area contributed by atoms with Gasteiger partial charge in [0.25, 0.3) is 0 Å². The average Bonchev–Trinajstić information content (AvgIpc) is 2.67. The molecular formula is C16H31NO4Si. The molecular weight excluding hydrogens is 298 g/mol. The predicted octanol–water partition coefficient (Wildman–Crippen LogP) is 3.44. The van der Waals surface area contributed by atoms with E-state index in [9.17, 15) is 9.59 Å². The summed E-state index contributed by atoms with van der Waals surface area (Å²) in [7, 11) is -1.98. The molecule has 6 heteroatoms. The van der Waals surface area contributed by atoms with Gasteiger partial charge in [0.15, 0.2) is 8.32 Å². The molecule has 1 amide bonds. The van der Waals surface area contributed by atoms with Crippen molar-refractivity contribution in [2.75, 3.05) is 13.1 Å². The Bertz CT molecular complexity index is 423. The lowest BCUT2D eigenvalue weighted by molar-refractivity contribution is -0.112. The number of amides is 1. The number of rotatable bonds is 3. The van der Waals surface area contributed by atoms with Crippen molar-refractivity contribution in [3.05, 3.63) is 0 Å². The van der Waals surface area contributed by atoms with E-state index in [-0.39, 0.29) is 23.2 Å². The Morgan fingerprint density at radius 3 is 2.09 bits per heavy atom. The van der Waals surface area contributed by atoms with Crippen molar-refractivity contribution in [3.63, 3.8) is 0 Å². The second-order valence-corrected chi connectivity index (χ2v) is 13.4. The first-order valence-electron chi connectivity index (χ1n) is 7.88. The second-order valence-electron chi connectivity index (χ2n) is 8.60. The number of nitrogens with zero attached hydrogens (tertiary/aromatic N) is 1. The van der Waals surface area contributed by atoms with Crippen LogP contribution in [-0.4, -0.2) is 50.4 Å². The Morgan fingerprint density at radius 1 is 1.14 bits per heavy atom. The molecule has 1 saturated heterocycles. The number of likely N-dealkylation sites (tertiary alicyclic amines) is 1. The maximum Gasteiger partial charge on any atom is 0.410 e. The number of aldehydes is 1. The number of ether oxygens (including phenoxy) is 1. The fraction of sp³-hybridized carbons (Fsp3) is 0.875. The first-order chi connectivity index (χ1) is 9.77. The van der Waals surface area contributed by atoms with E-state index in [0.29, 0.717) is 13.1 Å². The van der Waals surface area contributed by atoms with Gasteiger partial charge < -0.3 is 18.9 Å². The minimum absolute atomic E-state index is 0.0692. The largest absolute Gasteiger partial charge is 0.444 e. The minimum Gasteiger partial charge on any atom is -0.444 e. The van der Waals surface area contributed by atoms with Gasteiger partial charge >= 0.3 is 6.09 Å². The van der Waals surface area contributed by atoms with Crippen molar-refractivity contribution in [2.45, 2.75) is 71.4 Å². The van der Waals surface area contributed by atoms with Crippen LogP contribution >= 0.6 is 0 Å². The van der Waals surface area contributed by atoms with Crippen LogP contribution in [0.2, 0.25) is 18.1 Å². The third-order valence-corrected chi connectivity index (χ3v) is 8.89. The van der Waals surface area contributed by atoms with Gasteiger partial charge in [-0.2, -0.15) is 0 Å². The van der Waals surface area contributed by atoms with Gasteiger partial charge in [0.2, 0.25) is 0 Å². The zero-order valence-corrected chi connectivity index (χ0v) is 16.2. The molecule has 0 bridgehead atoms. The lowest BCUT2D eigenvalue weighted by atomic mass is 10.1. The van der Waals surface area contributed by atoms with Crippen LogP contribution in [0.4, 0.5) is 4.79 Å². The quantitative estimate of drug-likeness (QED) is 0.588. The molecule has 5 nitrogen and oxygen atoms in total. The topological polar surface area (TPSA) is 55.8 Å². The summed E-state index contributed by atoms with van der Waals surface area (Å²) in [6.07, 6.45) is 0.300. The van der Waals surface area contributed by atoms with Gasteiger partial charge in [0.1, 0.15) is 11.9 Å². The summed E-state index contributed by atoms with van der Waals surface area (Å²) in [5.74, 6) is -0.276. The number of carbonyl (C=O) groups is 2. The Morgan fingerprint density at radius 2 is 1.68 bits per heavy atom. The van der Waals surface area contributed by atoms with E-state index in [1.54, 1.807) is 4.90 Å². The molecule has 0 N–H and O–H groups in total. The highest BCUT2D eigenvalue weighted by atomic mass is 28.4. The van der Waals surface area contributed by atoms with E-state index in [4.69, 9.17) is 9.16 Å². The van der Waals surface area contributed by atoms with Gasteiger partial charge in [-0.05, 0) is 38.9 Å². The van der Waals surface area contributed by atoms with Crippen molar-refractivity contribution >= 4 is 20.7 Å². The highest BCUT2D eigenvalue weighted by Gasteiger charge is 2.45. The summed E-state index contributed by atoms with van der Waals surface area (Å²) in [5, 5.41) is 0.0692. The van der Waals surface area contributed by atoms with Crippen molar-refractivity contribution in [3.8, 4) is 0 Å². The molecule has 1 heterocycles. The van der Waals surface area contributed by atoms with Crippen LogP contribution in [-0.2, 0) is 14.0 Å². The van der Waals surface area contributed by atoms with Crippen molar-refractivity contribution in [1.29, 1.82) is 0 Å². The molecule has 0 radical (unpaired) electrons. The Balaban J connectivity index is 2.78. The van der Waals surface area contributed by atoms with E-state index >= 15 is 0 Å². The van der Waals surface area contributed by atoms with E-state index in [2.05, 4.69) is 33.9 Å². The number of hydrogen-bond donors (Lipinski definition) is 0. The molecule has 0 aliphatic carbocycles. The molecule has 1 fully saturated rings. The zero-order chi connectivity index (χ0) is 17.3. The van der Waals surface area contributed by atoms with E-state index < -0.39 is 13.9 Å². The van der Waals surface area contributed by atoms with Gasteiger partial charge in [0.05, 0.1) is 12.0 Å². The van der Waals surface area contributed by atoms with Gasteiger partial charge in [0, 0.05) is 13.1 Å². The molecule has 1 aliphatic rings. The Hall–Kier alpha value is -0.883. The van der Waals surface area contributed by atoms with Crippen LogP contribution in [0.25, 0.3) is 0 Å². The Kier molecular flexibility index (Phi) is 5.50.